The van der Waals surface area contributed by atoms with Gasteiger partial charge in [-0.3, -0.25) is 0 Å². The molecule has 0 amide bonds. The highest BCUT2D eigenvalue weighted by Gasteiger charge is 2.38. The van der Waals surface area contributed by atoms with Gasteiger partial charge < -0.3 is 4.40 Å². The first-order valence-corrected chi connectivity index (χ1v) is 14.9. The molecule has 9 aromatic rings. The number of para-hydroxylation sites is 2. The van der Waals surface area contributed by atoms with Gasteiger partial charge in [0.15, 0.2) is 0 Å². The van der Waals surface area contributed by atoms with Crippen molar-refractivity contribution in [3.63, 3.8) is 0 Å². The van der Waals surface area contributed by atoms with E-state index in [4.69, 9.17) is 0 Å². The largest absolute Gasteiger partial charge is 0.308 e. The Labute approximate surface area is 243 Å². The number of fused-ring (bicyclic) bond motifs is 14. The van der Waals surface area contributed by atoms with E-state index in [0.29, 0.717) is 0 Å². The zero-order chi connectivity index (χ0) is 27.7. The summed E-state index contributed by atoms with van der Waals surface area (Å²) in [6.45, 7) is 4.78. The van der Waals surface area contributed by atoms with Gasteiger partial charge in [0.05, 0.1) is 16.6 Å². The van der Waals surface area contributed by atoms with Crippen molar-refractivity contribution in [2.75, 3.05) is 0 Å². The first-order chi connectivity index (χ1) is 20.6. The van der Waals surface area contributed by atoms with Crippen molar-refractivity contribution in [3.05, 3.63) is 139 Å². The summed E-state index contributed by atoms with van der Waals surface area (Å²) < 4.78 is 2.45. The van der Waals surface area contributed by atoms with Crippen LogP contribution in [0.4, 0.5) is 0 Å². The van der Waals surface area contributed by atoms with Gasteiger partial charge in [0, 0.05) is 27.0 Å². The molecule has 0 radical (unpaired) electrons. The van der Waals surface area contributed by atoms with Crippen LogP contribution in [0.1, 0.15) is 25.0 Å². The monoisotopic (exact) mass is 533 g/mol. The summed E-state index contributed by atoms with van der Waals surface area (Å²) in [7, 11) is 0. The van der Waals surface area contributed by atoms with E-state index in [-0.39, 0.29) is 5.41 Å². The first kappa shape index (κ1) is 22.5. The zero-order valence-corrected chi connectivity index (χ0v) is 23.6. The second-order valence-electron chi connectivity index (χ2n) is 12.5. The fourth-order valence-electron chi connectivity index (χ4n) is 8.30. The summed E-state index contributed by atoms with van der Waals surface area (Å²) in [5.74, 6) is 0. The molecule has 0 N–H and O–H groups in total. The Morgan fingerprint density at radius 3 is 1.74 bits per heavy atom. The van der Waals surface area contributed by atoms with E-state index in [9.17, 15) is 0 Å². The van der Waals surface area contributed by atoms with Crippen molar-refractivity contribution < 1.29 is 0 Å². The third kappa shape index (κ3) is 2.61. The second kappa shape index (κ2) is 7.57. The molecule has 0 fully saturated rings. The minimum atomic E-state index is -0.0634. The van der Waals surface area contributed by atoms with Crippen LogP contribution in [0.3, 0.4) is 0 Å². The molecular formula is C41H27N. The van der Waals surface area contributed by atoms with Gasteiger partial charge in [-0.25, -0.2) is 0 Å². The lowest BCUT2D eigenvalue weighted by atomic mass is 9.79. The van der Waals surface area contributed by atoms with Crippen LogP contribution in [-0.4, -0.2) is 4.40 Å². The number of aromatic nitrogens is 1. The van der Waals surface area contributed by atoms with E-state index in [1.807, 2.05) is 0 Å². The molecule has 1 nitrogen and oxygen atoms in total. The standard InChI is InChI=1S/C41H27N/c1-41(2)35-16-8-5-15-31(35)38-29-14-4-3-11-26(29)32-21-24(19-20-30(32)39(38)41)25-22-33-27-12-6-9-17-36(27)42-37-18-10-7-13-28(37)34(23-25)40(33)42/h3-23H,1-2H3. The Morgan fingerprint density at radius 1 is 0.452 bits per heavy atom. The molecule has 1 heteroatoms. The number of hydrogen-bond donors (Lipinski definition) is 0. The molecule has 0 bridgehead atoms. The minimum Gasteiger partial charge on any atom is -0.308 e. The Morgan fingerprint density at radius 2 is 1.02 bits per heavy atom. The molecule has 2 heterocycles. The van der Waals surface area contributed by atoms with E-state index in [1.165, 1.54) is 93.0 Å². The second-order valence-corrected chi connectivity index (χ2v) is 12.5. The lowest BCUT2D eigenvalue weighted by Crippen LogP contribution is -2.15. The lowest BCUT2D eigenvalue weighted by molar-refractivity contribution is 0.666. The Balaban J connectivity index is 1.32. The van der Waals surface area contributed by atoms with Gasteiger partial charge in [0.1, 0.15) is 0 Å². The number of nitrogens with zero attached hydrogens (tertiary/aromatic N) is 1. The minimum absolute atomic E-state index is 0.0634. The highest BCUT2D eigenvalue weighted by Crippen LogP contribution is 2.54. The topological polar surface area (TPSA) is 4.41 Å². The van der Waals surface area contributed by atoms with E-state index < -0.39 is 0 Å². The fourth-order valence-corrected chi connectivity index (χ4v) is 8.30. The number of hydrogen-bond acceptors (Lipinski definition) is 0. The molecule has 0 aliphatic heterocycles. The van der Waals surface area contributed by atoms with Crippen LogP contribution >= 0.6 is 0 Å². The molecule has 0 saturated carbocycles. The predicted molar refractivity (Wildman–Crippen MR) is 179 cm³/mol. The Hall–Kier alpha value is -5.14. The highest BCUT2D eigenvalue weighted by atomic mass is 14.9. The smallest absolute Gasteiger partial charge is 0.0620 e. The maximum absolute atomic E-state index is 2.45. The van der Waals surface area contributed by atoms with Crippen LogP contribution in [0.5, 0.6) is 0 Å². The van der Waals surface area contributed by atoms with Crippen molar-refractivity contribution in [2.45, 2.75) is 19.3 Å². The SMILES string of the molecule is CC1(C)c2ccccc2-c2c1c1ccc(-c3cc4c5ccccc5n5c6ccccc6c(c3)c45)cc1c1ccccc21. The summed E-state index contributed by atoms with van der Waals surface area (Å²) in [4.78, 5) is 0. The predicted octanol–water partition coefficient (Wildman–Crippen LogP) is 11.1. The molecule has 2 aromatic heterocycles. The van der Waals surface area contributed by atoms with Gasteiger partial charge in [-0.05, 0) is 85.3 Å². The molecule has 42 heavy (non-hydrogen) atoms. The average Bonchev–Trinajstić information content (AvgIpc) is 3.63. The van der Waals surface area contributed by atoms with Crippen LogP contribution in [-0.2, 0) is 5.41 Å². The third-order valence-corrected chi connectivity index (χ3v) is 10.1. The van der Waals surface area contributed by atoms with Gasteiger partial charge in [-0.1, -0.05) is 111 Å². The molecule has 0 atom stereocenters. The summed E-state index contributed by atoms with van der Waals surface area (Å²) in [6.07, 6.45) is 0. The molecular weight excluding hydrogens is 506 g/mol. The molecule has 7 aromatic carbocycles. The maximum atomic E-state index is 2.45. The normalized spacial score (nSPS) is 14.1. The van der Waals surface area contributed by atoms with Crippen molar-refractivity contribution >= 4 is 59.6 Å². The molecule has 1 aliphatic carbocycles. The van der Waals surface area contributed by atoms with Crippen molar-refractivity contribution in [1.82, 2.24) is 4.40 Å². The average molecular weight is 534 g/mol. The van der Waals surface area contributed by atoms with Crippen LogP contribution in [0, 0.1) is 0 Å². The van der Waals surface area contributed by atoms with Crippen molar-refractivity contribution in [1.29, 1.82) is 0 Å². The van der Waals surface area contributed by atoms with Crippen LogP contribution in [0.15, 0.2) is 127 Å². The summed E-state index contributed by atoms with van der Waals surface area (Å²) in [5, 5.41) is 10.6. The van der Waals surface area contributed by atoms with Crippen molar-refractivity contribution in [2.24, 2.45) is 0 Å². The molecule has 0 spiro atoms. The highest BCUT2D eigenvalue weighted by molar-refractivity contribution is 6.25. The van der Waals surface area contributed by atoms with Gasteiger partial charge in [-0.15, -0.1) is 0 Å². The molecule has 196 valence electrons. The van der Waals surface area contributed by atoms with Gasteiger partial charge in [0.25, 0.3) is 0 Å². The molecule has 1 aliphatic rings. The number of benzene rings is 7. The zero-order valence-electron chi connectivity index (χ0n) is 23.6. The first-order valence-electron chi connectivity index (χ1n) is 14.9. The van der Waals surface area contributed by atoms with E-state index >= 15 is 0 Å². The summed E-state index contributed by atoms with van der Waals surface area (Å²) in [6, 6.07) is 47.7. The summed E-state index contributed by atoms with van der Waals surface area (Å²) in [5.41, 5.74) is 12.0. The van der Waals surface area contributed by atoms with E-state index in [2.05, 4.69) is 146 Å². The van der Waals surface area contributed by atoms with Gasteiger partial charge in [0.2, 0.25) is 0 Å². The Kier molecular flexibility index (Phi) is 4.06. The van der Waals surface area contributed by atoms with Gasteiger partial charge in [-0.2, -0.15) is 0 Å². The van der Waals surface area contributed by atoms with Crippen molar-refractivity contribution in [3.8, 4) is 22.3 Å². The Bertz CT molecular complexity index is 2510. The fraction of sp³-hybridized carbons (Fsp3) is 0.0732. The molecule has 0 unspecified atom stereocenters. The maximum Gasteiger partial charge on any atom is 0.0620 e. The molecule has 0 saturated heterocycles. The number of rotatable bonds is 1. The van der Waals surface area contributed by atoms with Crippen LogP contribution < -0.4 is 0 Å². The quantitative estimate of drug-likeness (QED) is 0.185. The van der Waals surface area contributed by atoms with Crippen LogP contribution in [0.25, 0.3) is 81.9 Å². The van der Waals surface area contributed by atoms with E-state index in [1.54, 1.807) is 0 Å². The van der Waals surface area contributed by atoms with Gasteiger partial charge >= 0.3 is 0 Å². The third-order valence-electron chi connectivity index (χ3n) is 10.1. The summed E-state index contributed by atoms with van der Waals surface area (Å²) >= 11 is 0. The molecule has 10 rings (SSSR count). The van der Waals surface area contributed by atoms with Crippen LogP contribution in [0.2, 0.25) is 0 Å². The lowest BCUT2D eigenvalue weighted by Gasteiger charge is -2.24. The van der Waals surface area contributed by atoms with E-state index in [0.717, 1.165) is 0 Å².